The van der Waals surface area contributed by atoms with Crippen molar-refractivity contribution in [3.8, 4) is 0 Å². The predicted molar refractivity (Wildman–Crippen MR) is 94.8 cm³/mol. The highest BCUT2D eigenvalue weighted by atomic mass is 19.1. The molecule has 1 aromatic heterocycles. The fourth-order valence-electron chi connectivity index (χ4n) is 3.13. The van der Waals surface area contributed by atoms with Crippen LogP contribution < -0.4 is 10.2 Å². The third-order valence-electron chi connectivity index (χ3n) is 4.54. The molecule has 2 heterocycles. The Bertz CT molecular complexity index is 712. The molecular formula is C19H23FN4O. The second kappa shape index (κ2) is 8.05. The van der Waals surface area contributed by atoms with Crippen LogP contribution in [0.5, 0.6) is 0 Å². The van der Waals surface area contributed by atoms with Crippen LogP contribution in [0.2, 0.25) is 0 Å². The lowest BCUT2D eigenvalue weighted by Crippen LogP contribution is -2.39. The maximum Gasteiger partial charge on any atom is 0.225 e. The fraction of sp³-hybridized carbons (Fsp3) is 0.421. The topological polar surface area (TPSA) is 58.1 Å². The second-order valence-electron chi connectivity index (χ2n) is 6.60. The van der Waals surface area contributed by atoms with Crippen LogP contribution in [-0.2, 0) is 11.2 Å². The van der Waals surface area contributed by atoms with Crippen LogP contribution in [-0.4, -0.2) is 35.5 Å². The number of aryl methyl sites for hydroxylation is 1. The quantitative estimate of drug-likeness (QED) is 0.907. The van der Waals surface area contributed by atoms with Gasteiger partial charge in [0, 0.05) is 19.6 Å². The number of carbonyl (C=O) groups is 1. The van der Waals surface area contributed by atoms with Gasteiger partial charge in [0.2, 0.25) is 11.9 Å². The standard InChI is InChI=1S/C19H23FN4O/c1-14-3-2-4-16(9-14)10-18(25)21-11-15-5-7-24(8-6-15)19-22-12-17(20)13-23-19/h2-4,9,12-13,15H,5-8,10-11H2,1H3,(H,21,25). The Morgan fingerprint density at radius 2 is 2.00 bits per heavy atom. The Balaban J connectivity index is 1.41. The van der Waals surface area contributed by atoms with E-state index in [-0.39, 0.29) is 5.91 Å². The number of aromatic nitrogens is 2. The first-order valence-electron chi connectivity index (χ1n) is 8.65. The van der Waals surface area contributed by atoms with Crippen molar-refractivity contribution >= 4 is 11.9 Å². The van der Waals surface area contributed by atoms with Gasteiger partial charge in [-0.25, -0.2) is 14.4 Å². The molecule has 0 unspecified atom stereocenters. The summed E-state index contributed by atoms with van der Waals surface area (Å²) in [6, 6.07) is 8.03. The minimum absolute atomic E-state index is 0.0647. The molecule has 132 valence electrons. The van der Waals surface area contributed by atoms with Crippen LogP contribution >= 0.6 is 0 Å². The zero-order valence-electron chi connectivity index (χ0n) is 14.4. The number of piperidine rings is 1. The number of benzene rings is 1. The number of nitrogens with zero attached hydrogens (tertiary/aromatic N) is 3. The minimum atomic E-state index is -0.421. The Morgan fingerprint density at radius 1 is 1.28 bits per heavy atom. The molecule has 0 radical (unpaired) electrons. The van der Waals surface area contributed by atoms with Gasteiger partial charge >= 0.3 is 0 Å². The van der Waals surface area contributed by atoms with Gasteiger partial charge in [0.25, 0.3) is 0 Å². The number of hydrogen-bond acceptors (Lipinski definition) is 4. The van der Waals surface area contributed by atoms with Crippen LogP contribution in [0.3, 0.4) is 0 Å². The number of hydrogen-bond donors (Lipinski definition) is 1. The highest BCUT2D eigenvalue weighted by Crippen LogP contribution is 2.20. The fourth-order valence-corrected chi connectivity index (χ4v) is 3.13. The third-order valence-corrected chi connectivity index (χ3v) is 4.54. The molecule has 1 fully saturated rings. The summed E-state index contributed by atoms with van der Waals surface area (Å²) in [5, 5.41) is 3.04. The van der Waals surface area contributed by atoms with Crippen molar-refractivity contribution < 1.29 is 9.18 Å². The first-order chi connectivity index (χ1) is 12.1. The molecule has 5 nitrogen and oxygen atoms in total. The first-order valence-corrected chi connectivity index (χ1v) is 8.65. The average molecular weight is 342 g/mol. The van der Waals surface area contributed by atoms with Gasteiger partial charge in [-0.3, -0.25) is 4.79 Å². The van der Waals surface area contributed by atoms with E-state index < -0.39 is 5.82 Å². The lowest BCUT2D eigenvalue weighted by molar-refractivity contribution is -0.120. The van der Waals surface area contributed by atoms with Gasteiger partial charge in [0.05, 0.1) is 18.8 Å². The van der Waals surface area contributed by atoms with E-state index in [0.29, 0.717) is 24.8 Å². The monoisotopic (exact) mass is 342 g/mol. The second-order valence-corrected chi connectivity index (χ2v) is 6.60. The Labute approximate surface area is 147 Å². The zero-order valence-corrected chi connectivity index (χ0v) is 14.4. The summed E-state index contributed by atoms with van der Waals surface area (Å²) in [6.07, 6.45) is 4.74. The van der Waals surface area contributed by atoms with Gasteiger partial charge in [0.15, 0.2) is 5.82 Å². The van der Waals surface area contributed by atoms with Gasteiger partial charge in [-0.2, -0.15) is 0 Å². The third kappa shape index (κ3) is 4.98. The Hall–Kier alpha value is -2.50. The molecule has 3 rings (SSSR count). The smallest absolute Gasteiger partial charge is 0.225 e. The van der Waals surface area contributed by atoms with E-state index in [1.165, 1.54) is 18.0 Å². The molecule has 0 saturated carbocycles. The summed E-state index contributed by atoms with van der Waals surface area (Å²) >= 11 is 0. The maximum atomic E-state index is 12.9. The highest BCUT2D eigenvalue weighted by Gasteiger charge is 2.21. The molecule has 1 aliphatic heterocycles. The SMILES string of the molecule is Cc1cccc(CC(=O)NCC2CCN(c3ncc(F)cn3)CC2)c1. The van der Waals surface area contributed by atoms with Gasteiger partial charge in [-0.05, 0) is 31.2 Å². The number of halogens is 1. The van der Waals surface area contributed by atoms with Crippen molar-refractivity contribution in [2.75, 3.05) is 24.5 Å². The van der Waals surface area contributed by atoms with Gasteiger partial charge in [-0.1, -0.05) is 29.8 Å². The summed E-state index contributed by atoms with van der Waals surface area (Å²) in [4.78, 5) is 22.2. The van der Waals surface area contributed by atoms with E-state index in [9.17, 15) is 9.18 Å². The maximum absolute atomic E-state index is 12.9. The van der Waals surface area contributed by atoms with Crippen molar-refractivity contribution in [1.29, 1.82) is 0 Å². The summed E-state index contributed by atoms with van der Waals surface area (Å²) in [7, 11) is 0. The molecule has 1 aromatic carbocycles. The lowest BCUT2D eigenvalue weighted by Gasteiger charge is -2.31. The molecule has 25 heavy (non-hydrogen) atoms. The van der Waals surface area contributed by atoms with Crippen molar-refractivity contribution in [2.45, 2.75) is 26.2 Å². The number of anilines is 1. The van der Waals surface area contributed by atoms with Gasteiger partial charge < -0.3 is 10.2 Å². The summed E-state index contributed by atoms with van der Waals surface area (Å²) in [5.41, 5.74) is 2.21. The molecule has 6 heteroatoms. The molecular weight excluding hydrogens is 319 g/mol. The van der Waals surface area contributed by atoms with E-state index in [2.05, 4.69) is 20.2 Å². The van der Waals surface area contributed by atoms with Gasteiger partial charge in [0.1, 0.15) is 0 Å². The molecule has 1 saturated heterocycles. The van der Waals surface area contributed by atoms with Crippen LogP contribution in [0, 0.1) is 18.7 Å². The van der Waals surface area contributed by atoms with E-state index in [1.54, 1.807) is 0 Å². The molecule has 2 aromatic rings. The Morgan fingerprint density at radius 3 is 2.68 bits per heavy atom. The molecule has 1 N–H and O–H groups in total. The largest absolute Gasteiger partial charge is 0.356 e. The van der Waals surface area contributed by atoms with Crippen LogP contribution in [0.25, 0.3) is 0 Å². The minimum Gasteiger partial charge on any atom is -0.356 e. The summed E-state index contributed by atoms with van der Waals surface area (Å²) < 4.78 is 12.9. The van der Waals surface area contributed by atoms with E-state index in [4.69, 9.17) is 0 Å². The molecule has 1 amide bonds. The van der Waals surface area contributed by atoms with Crippen molar-refractivity contribution in [3.05, 3.63) is 53.6 Å². The average Bonchev–Trinajstić information content (AvgIpc) is 2.61. The van der Waals surface area contributed by atoms with E-state index in [1.807, 2.05) is 31.2 Å². The van der Waals surface area contributed by atoms with Crippen molar-refractivity contribution in [1.82, 2.24) is 15.3 Å². The lowest BCUT2D eigenvalue weighted by atomic mass is 9.97. The van der Waals surface area contributed by atoms with E-state index >= 15 is 0 Å². The van der Waals surface area contributed by atoms with Crippen LogP contribution in [0.1, 0.15) is 24.0 Å². The highest BCUT2D eigenvalue weighted by molar-refractivity contribution is 5.78. The molecule has 0 spiro atoms. The molecule has 0 atom stereocenters. The number of nitrogens with one attached hydrogen (secondary N) is 1. The van der Waals surface area contributed by atoms with E-state index in [0.717, 1.165) is 31.5 Å². The van der Waals surface area contributed by atoms with Crippen LogP contribution in [0.15, 0.2) is 36.7 Å². The molecule has 0 aliphatic carbocycles. The zero-order chi connectivity index (χ0) is 17.6. The summed E-state index contributed by atoms with van der Waals surface area (Å²) in [6.45, 7) is 4.37. The predicted octanol–water partition coefficient (Wildman–Crippen LogP) is 2.50. The van der Waals surface area contributed by atoms with Crippen LogP contribution in [0.4, 0.5) is 10.3 Å². The van der Waals surface area contributed by atoms with Crippen molar-refractivity contribution in [3.63, 3.8) is 0 Å². The summed E-state index contributed by atoms with van der Waals surface area (Å²) in [5.74, 6) is 0.673. The molecule has 0 bridgehead atoms. The van der Waals surface area contributed by atoms with Crippen molar-refractivity contribution in [2.24, 2.45) is 5.92 Å². The number of rotatable bonds is 5. The molecule has 1 aliphatic rings. The number of amides is 1. The van der Waals surface area contributed by atoms with Gasteiger partial charge in [-0.15, -0.1) is 0 Å². The first kappa shape index (κ1) is 17.3. The normalized spacial score (nSPS) is 15.2. The Kier molecular flexibility index (Phi) is 5.58. The number of carbonyl (C=O) groups excluding carboxylic acids is 1.